The number of Topliss-reactive ketones (excluding diaryl/α,β-unsaturated/α-hetero) is 1. The number of hydrogen-bond acceptors (Lipinski definition) is 6. The van der Waals surface area contributed by atoms with Crippen molar-refractivity contribution in [2.24, 2.45) is 17.8 Å². The Balaban J connectivity index is 1.27. The van der Waals surface area contributed by atoms with Gasteiger partial charge >= 0.3 is 6.09 Å². The van der Waals surface area contributed by atoms with E-state index in [-0.39, 0.29) is 41.9 Å². The summed E-state index contributed by atoms with van der Waals surface area (Å²) in [6, 6.07) is 17.2. The van der Waals surface area contributed by atoms with Crippen LogP contribution in [0.3, 0.4) is 0 Å². The Labute approximate surface area is 310 Å². The van der Waals surface area contributed by atoms with Gasteiger partial charge in [-0.3, -0.25) is 19.5 Å². The molecular weight excluding hydrogens is 678 g/mol. The fourth-order valence-corrected chi connectivity index (χ4v) is 7.07. The molecule has 1 fully saturated rings. The maximum absolute atomic E-state index is 13.9. The average molecular weight is 728 g/mol. The van der Waals surface area contributed by atoms with Crippen LogP contribution in [0.4, 0.5) is 10.5 Å². The highest BCUT2D eigenvalue weighted by Crippen LogP contribution is 2.33. The SMILES string of the molecule is Cc1cc(C(=O)NC(C)C)ccc1-c1ccc(C[C@H](CC(=O)C2CCC(CNC(=O)OC(C)(C)C)CC2)C(=O)Nc2cc(Cl)c3cn[nH]c3c2)cc1. The minimum absolute atomic E-state index is 0.0499. The van der Waals surface area contributed by atoms with Crippen LogP contribution >= 0.6 is 11.6 Å². The van der Waals surface area contributed by atoms with Crippen LogP contribution < -0.4 is 16.0 Å². The number of halogens is 1. The molecule has 52 heavy (non-hydrogen) atoms. The molecule has 5 rings (SSSR count). The van der Waals surface area contributed by atoms with E-state index in [0.717, 1.165) is 40.5 Å². The van der Waals surface area contributed by atoms with E-state index in [1.54, 1.807) is 18.3 Å². The second-order valence-electron chi connectivity index (χ2n) is 15.3. The molecule has 0 bridgehead atoms. The zero-order valence-corrected chi connectivity index (χ0v) is 31.7. The normalized spacial score (nSPS) is 16.7. The third-order valence-electron chi connectivity index (χ3n) is 9.49. The van der Waals surface area contributed by atoms with Crippen LogP contribution in [-0.2, 0) is 20.7 Å². The first-order valence-electron chi connectivity index (χ1n) is 18.1. The monoisotopic (exact) mass is 727 g/mol. The maximum atomic E-state index is 13.9. The molecular formula is C41H50ClN5O5. The Kier molecular flexibility index (Phi) is 12.4. The Morgan fingerprint density at radius 1 is 0.981 bits per heavy atom. The van der Waals surface area contributed by atoms with E-state index in [1.807, 2.05) is 84.0 Å². The lowest BCUT2D eigenvalue weighted by atomic mass is 9.77. The molecule has 0 radical (unpaired) electrons. The van der Waals surface area contributed by atoms with Gasteiger partial charge in [0.05, 0.1) is 16.7 Å². The number of nitrogens with one attached hydrogen (secondary N) is 4. The van der Waals surface area contributed by atoms with Gasteiger partial charge in [-0.1, -0.05) is 41.9 Å². The van der Waals surface area contributed by atoms with E-state index in [9.17, 15) is 19.2 Å². The van der Waals surface area contributed by atoms with E-state index in [1.165, 1.54) is 0 Å². The molecule has 4 aromatic rings. The number of benzene rings is 3. The predicted octanol–water partition coefficient (Wildman–Crippen LogP) is 8.42. The molecule has 1 atom stereocenters. The number of anilines is 1. The number of carbonyl (C=O) groups excluding carboxylic acids is 4. The zero-order valence-electron chi connectivity index (χ0n) is 30.9. The number of rotatable bonds is 12. The van der Waals surface area contributed by atoms with E-state index < -0.39 is 17.6 Å². The number of carbonyl (C=O) groups is 4. The van der Waals surface area contributed by atoms with Crippen molar-refractivity contribution in [3.05, 3.63) is 82.5 Å². The molecule has 1 aliphatic carbocycles. The molecule has 276 valence electrons. The molecule has 0 saturated heterocycles. The number of H-pyrrole nitrogens is 1. The van der Waals surface area contributed by atoms with E-state index in [4.69, 9.17) is 16.3 Å². The number of alkyl carbamates (subject to hydrolysis) is 1. The number of amides is 3. The van der Waals surface area contributed by atoms with Crippen LogP contribution in [0.25, 0.3) is 22.0 Å². The number of hydrogen-bond donors (Lipinski definition) is 4. The molecule has 1 aliphatic rings. The summed E-state index contributed by atoms with van der Waals surface area (Å²) in [5.41, 5.74) is 5.21. The molecule has 3 aromatic carbocycles. The first-order valence-corrected chi connectivity index (χ1v) is 18.5. The number of aromatic amines is 1. The molecule has 1 aromatic heterocycles. The summed E-state index contributed by atoms with van der Waals surface area (Å²) in [5, 5.41) is 17.0. The van der Waals surface area contributed by atoms with Gasteiger partial charge in [-0.05, 0) is 126 Å². The maximum Gasteiger partial charge on any atom is 0.407 e. The second kappa shape index (κ2) is 16.8. The Bertz CT molecular complexity index is 1900. The number of aryl methyl sites for hydroxylation is 1. The van der Waals surface area contributed by atoms with Crippen molar-refractivity contribution < 1.29 is 23.9 Å². The van der Waals surface area contributed by atoms with Gasteiger partial charge in [0, 0.05) is 47.5 Å². The molecule has 0 unspecified atom stereocenters. The summed E-state index contributed by atoms with van der Waals surface area (Å²) in [4.78, 5) is 52.3. The number of ether oxygens (including phenoxy) is 1. The van der Waals surface area contributed by atoms with Crippen molar-refractivity contribution in [2.45, 2.75) is 91.7 Å². The third-order valence-corrected chi connectivity index (χ3v) is 9.80. The van der Waals surface area contributed by atoms with Gasteiger partial charge in [0.2, 0.25) is 5.91 Å². The minimum Gasteiger partial charge on any atom is -0.444 e. The van der Waals surface area contributed by atoms with Gasteiger partial charge in [-0.25, -0.2) is 4.79 Å². The van der Waals surface area contributed by atoms with Crippen LogP contribution in [0, 0.1) is 24.7 Å². The smallest absolute Gasteiger partial charge is 0.407 e. The molecule has 10 nitrogen and oxygen atoms in total. The summed E-state index contributed by atoms with van der Waals surface area (Å²) in [5.74, 6) is -0.757. The minimum atomic E-state index is -0.610. The van der Waals surface area contributed by atoms with Gasteiger partial charge in [-0.15, -0.1) is 0 Å². The van der Waals surface area contributed by atoms with Crippen molar-refractivity contribution in [1.29, 1.82) is 0 Å². The van der Waals surface area contributed by atoms with Crippen LogP contribution in [0.5, 0.6) is 0 Å². The van der Waals surface area contributed by atoms with Crippen molar-refractivity contribution >= 4 is 51.9 Å². The largest absolute Gasteiger partial charge is 0.444 e. The number of nitrogens with zero attached hydrogens (tertiary/aromatic N) is 1. The van der Waals surface area contributed by atoms with Crippen LogP contribution in [-0.4, -0.2) is 52.1 Å². The van der Waals surface area contributed by atoms with Gasteiger partial charge in [0.1, 0.15) is 11.4 Å². The Hall–Kier alpha value is -4.70. The molecule has 0 aliphatic heterocycles. The van der Waals surface area contributed by atoms with E-state index >= 15 is 0 Å². The van der Waals surface area contributed by atoms with E-state index in [2.05, 4.69) is 26.1 Å². The molecule has 1 heterocycles. The van der Waals surface area contributed by atoms with Crippen molar-refractivity contribution in [3.8, 4) is 11.1 Å². The first-order chi connectivity index (χ1) is 24.6. The fraction of sp³-hybridized carbons (Fsp3) is 0.439. The Morgan fingerprint density at radius 3 is 2.35 bits per heavy atom. The zero-order chi connectivity index (χ0) is 37.6. The lowest BCUT2D eigenvalue weighted by Gasteiger charge is -2.29. The Morgan fingerprint density at radius 2 is 1.69 bits per heavy atom. The molecule has 3 amide bonds. The van der Waals surface area contributed by atoms with Crippen molar-refractivity contribution in [1.82, 2.24) is 20.8 Å². The highest BCUT2D eigenvalue weighted by atomic mass is 35.5. The van der Waals surface area contributed by atoms with Crippen LogP contribution in [0.1, 0.15) is 88.2 Å². The summed E-state index contributed by atoms with van der Waals surface area (Å²) in [6.45, 7) is 11.9. The topological polar surface area (TPSA) is 142 Å². The van der Waals surface area contributed by atoms with Crippen molar-refractivity contribution in [2.75, 3.05) is 11.9 Å². The molecule has 11 heteroatoms. The van der Waals surface area contributed by atoms with Crippen molar-refractivity contribution in [3.63, 3.8) is 0 Å². The standard InChI is InChI=1S/C41H50ClN5O5/c1-24(2)45-38(49)30-15-16-33(25(3)17-30)28-11-7-26(8-12-28)18-31(39(50)46-32-20-35(42)34-23-44-47-36(34)21-32)19-37(48)29-13-9-27(10-14-29)22-43-40(51)52-41(4,5)6/h7-8,11-12,15-17,20-21,23-24,27,29,31H,9-10,13-14,18-19,22H2,1-6H3,(H,43,51)(H,44,47)(H,45,49)(H,46,50)/t27?,29?,31-/m1/s1. The van der Waals surface area contributed by atoms with E-state index in [0.29, 0.717) is 47.6 Å². The number of fused-ring (bicyclic) bond motifs is 1. The average Bonchev–Trinajstić information content (AvgIpc) is 3.56. The van der Waals surface area contributed by atoms with Gasteiger partial charge in [-0.2, -0.15) is 5.10 Å². The van der Waals surface area contributed by atoms with Gasteiger partial charge in [0.15, 0.2) is 0 Å². The fourth-order valence-electron chi connectivity index (χ4n) is 6.80. The summed E-state index contributed by atoms with van der Waals surface area (Å²) >= 11 is 6.47. The quantitative estimate of drug-likeness (QED) is 0.115. The number of ketones is 1. The lowest BCUT2D eigenvalue weighted by Crippen LogP contribution is -2.37. The van der Waals surface area contributed by atoms with Crippen LogP contribution in [0.2, 0.25) is 5.02 Å². The highest BCUT2D eigenvalue weighted by molar-refractivity contribution is 6.35. The van der Waals surface area contributed by atoms with Gasteiger partial charge in [0.25, 0.3) is 5.91 Å². The lowest BCUT2D eigenvalue weighted by molar-refractivity contribution is -0.129. The molecule has 0 spiro atoms. The second-order valence-corrected chi connectivity index (χ2v) is 15.7. The van der Waals surface area contributed by atoms with Gasteiger partial charge < -0.3 is 20.7 Å². The predicted molar refractivity (Wildman–Crippen MR) is 205 cm³/mol. The molecule has 1 saturated carbocycles. The third kappa shape index (κ3) is 10.4. The summed E-state index contributed by atoms with van der Waals surface area (Å²) in [7, 11) is 0. The summed E-state index contributed by atoms with van der Waals surface area (Å²) in [6.07, 6.45) is 4.75. The highest BCUT2D eigenvalue weighted by Gasteiger charge is 2.31. The van der Waals surface area contributed by atoms with Crippen LogP contribution in [0.15, 0.2) is 60.8 Å². The molecule has 4 N–H and O–H groups in total. The summed E-state index contributed by atoms with van der Waals surface area (Å²) < 4.78 is 5.36. The number of aromatic nitrogens is 2. The first kappa shape index (κ1) is 38.5.